The van der Waals surface area contributed by atoms with Crippen LogP contribution < -0.4 is 5.32 Å². The summed E-state index contributed by atoms with van der Waals surface area (Å²) in [6.07, 6.45) is 0. The second-order valence-corrected chi connectivity index (χ2v) is 7.35. The van der Waals surface area contributed by atoms with E-state index < -0.39 is 0 Å². The van der Waals surface area contributed by atoms with Crippen molar-refractivity contribution in [2.75, 3.05) is 31.9 Å². The summed E-state index contributed by atoms with van der Waals surface area (Å²) in [4.78, 5) is 2.58. The van der Waals surface area contributed by atoms with Gasteiger partial charge in [0.25, 0.3) is 0 Å². The third-order valence-corrected chi connectivity index (χ3v) is 4.58. The Labute approximate surface area is 115 Å². The maximum atomic E-state index is 3.53. The van der Waals surface area contributed by atoms with Crippen LogP contribution in [0.5, 0.6) is 0 Å². The standard InChI is InChI=1S/C15H24N2S/c1-15(2)13-17(10-11-18-15)9-8-16-12-14-6-4-3-5-7-14/h3-7,16H,8-13H2,1-2H3. The Morgan fingerprint density at radius 1 is 1.28 bits per heavy atom. The van der Waals surface area contributed by atoms with Crippen molar-refractivity contribution >= 4 is 11.8 Å². The van der Waals surface area contributed by atoms with Crippen LogP contribution >= 0.6 is 11.8 Å². The minimum absolute atomic E-state index is 0.428. The summed E-state index contributed by atoms with van der Waals surface area (Å²) >= 11 is 2.10. The average molecular weight is 264 g/mol. The van der Waals surface area contributed by atoms with Crippen LogP contribution in [0.1, 0.15) is 19.4 Å². The Morgan fingerprint density at radius 3 is 2.78 bits per heavy atom. The molecule has 1 aromatic rings. The Bertz CT molecular complexity index is 351. The van der Waals surface area contributed by atoms with Gasteiger partial charge < -0.3 is 5.32 Å². The number of rotatable bonds is 5. The average Bonchev–Trinajstić information content (AvgIpc) is 2.35. The van der Waals surface area contributed by atoms with Gasteiger partial charge in [0.2, 0.25) is 0 Å². The minimum atomic E-state index is 0.428. The predicted molar refractivity (Wildman–Crippen MR) is 81.1 cm³/mol. The van der Waals surface area contributed by atoms with Gasteiger partial charge >= 0.3 is 0 Å². The highest BCUT2D eigenvalue weighted by molar-refractivity contribution is 8.00. The number of benzene rings is 1. The van der Waals surface area contributed by atoms with Gasteiger partial charge in [0.15, 0.2) is 0 Å². The zero-order chi connectivity index (χ0) is 12.8. The fourth-order valence-electron chi connectivity index (χ4n) is 2.37. The molecule has 1 aliphatic heterocycles. The molecule has 1 N–H and O–H groups in total. The molecule has 100 valence electrons. The fraction of sp³-hybridized carbons (Fsp3) is 0.600. The summed E-state index contributed by atoms with van der Waals surface area (Å²) in [6.45, 7) is 10.4. The van der Waals surface area contributed by atoms with Crippen LogP contribution in [0.25, 0.3) is 0 Å². The van der Waals surface area contributed by atoms with Gasteiger partial charge in [-0.1, -0.05) is 30.3 Å². The van der Waals surface area contributed by atoms with Gasteiger partial charge in [-0.05, 0) is 19.4 Å². The molecule has 2 rings (SSSR count). The number of hydrogen-bond acceptors (Lipinski definition) is 3. The molecule has 0 atom stereocenters. The van der Waals surface area contributed by atoms with E-state index in [1.54, 1.807) is 0 Å². The Hall–Kier alpha value is -0.510. The Balaban J connectivity index is 1.64. The second kappa shape index (κ2) is 6.60. The molecule has 0 amide bonds. The van der Waals surface area contributed by atoms with Crippen LogP contribution in [0.3, 0.4) is 0 Å². The zero-order valence-corrected chi connectivity index (χ0v) is 12.3. The van der Waals surface area contributed by atoms with E-state index in [1.807, 2.05) is 0 Å². The van der Waals surface area contributed by atoms with Gasteiger partial charge in [-0.25, -0.2) is 0 Å². The highest BCUT2D eigenvalue weighted by Crippen LogP contribution is 2.28. The van der Waals surface area contributed by atoms with Crippen molar-refractivity contribution in [3.05, 3.63) is 35.9 Å². The molecule has 18 heavy (non-hydrogen) atoms. The van der Waals surface area contributed by atoms with Crippen molar-refractivity contribution in [1.29, 1.82) is 0 Å². The van der Waals surface area contributed by atoms with E-state index in [4.69, 9.17) is 0 Å². The number of hydrogen-bond donors (Lipinski definition) is 1. The van der Waals surface area contributed by atoms with E-state index in [-0.39, 0.29) is 0 Å². The van der Waals surface area contributed by atoms with Crippen molar-refractivity contribution in [3.63, 3.8) is 0 Å². The Morgan fingerprint density at radius 2 is 2.06 bits per heavy atom. The van der Waals surface area contributed by atoms with Crippen molar-refractivity contribution in [3.8, 4) is 0 Å². The van der Waals surface area contributed by atoms with E-state index in [0.717, 1.165) is 19.6 Å². The predicted octanol–water partition coefficient (Wildman–Crippen LogP) is 2.60. The fourth-order valence-corrected chi connectivity index (χ4v) is 3.55. The third kappa shape index (κ3) is 4.63. The summed E-state index contributed by atoms with van der Waals surface area (Å²) in [5, 5.41) is 3.53. The molecule has 0 spiro atoms. The van der Waals surface area contributed by atoms with E-state index in [2.05, 4.69) is 66.2 Å². The lowest BCUT2D eigenvalue weighted by Gasteiger charge is -2.37. The summed E-state index contributed by atoms with van der Waals surface area (Å²) in [6, 6.07) is 10.6. The van der Waals surface area contributed by atoms with Gasteiger partial charge in [0, 0.05) is 43.2 Å². The van der Waals surface area contributed by atoms with Crippen molar-refractivity contribution in [2.45, 2.75) is 25.1 Å². The van der Waals surface area contributed by atoms with E-state index >= 15 is 0 Å². The zero-order valence-electron chi connectivity index (χ0n) is 11.5. The molecule has 1 heterocycles. The molecule has 0 aromatic heterocycles. The number of thioether (sulfide) groups is 1. The smallest absolute Gasteiger partial charge is 0.0231 e. The van der Waals surface area contributed by atoms with Crippen molar-refractivity contribution in [1.82, 2.24) is 10.2 Å². The highest BCUT2D eigenvalue weighted by Gasteiger charge is 2.26. The van der Waals surface area contributed by atoms with E-state index in [9.17, 15) is 0 Å². The normalized spacial score (nSPS) is 19.9. The maximum Gasteiger partial charge on any atom is 0.0231 e. The first-order valence-corrected chi connectivity index (χ1v) is 7.75. The lowest BCUT2D eigenvalue weighted by atomic mass is 10.2. The highest BCUT2D eigenvalue weighted by atomic mass is 32.2. The molecular formula is C15H24N2S. The molecular weight excluding hydrogens is 240 g/mol. The van der Waals surface area contributed by atoms with Gasteiger partial charge in [0.1, 0.15) is 0 Å². The van der Waals surface area contributed by atoms with Gasteiger partial charge in [-0.2, -0.15) is 11.8 Å². The molecule has 1 fully saturated rings. The Kier molecular flexibility index (Phi) is 5.10. The van der Waals surface area contributed by atoms with Gasteiger partial charge in [0.05, 0.1) is 0 Å². The van der Waals surface area contributed by atoms with Crippen LogP contribution in [0.2, 0.25) is 0 Å². The lowest BCUT2D eigenvalue weighted by molar-refractivity contribution is 0.260. The molecule has 0 unspecified atom stereocenters. The SMILES string of the molecule is CC1(C)CN(CCNCc2ccccc2)CCS1. The topological polar surface area (TPSA) is 15.3 Å². The molecule has 2 nitrogen and oxygen atoms in total. The summed E-state index contributed by atoms with van der Waals surface area (Å²) in [5.41, 5.74) is 1.37. The first kappa shape index (κ1) is 13.9. The second-order valence-electron chi connectivity index (χ2n) is 5.55. The first-order chi connectivity index (χ1) is 8.66. The number of nitrogens with zero attached hydrogens (tertiary/aromatic N) is 1. The summed E-state index contributed by atoms with van der Waals surface area (Å²) in [7, 11) is 0. The largest absolute Gasteiger partial charge is 0.311 e. The van der Waals surface area contributed by atoms with Crippen molar-refractivity contribution < 1.29 is 0 Å². The first-order valence-electron chi connectivity index (χ1n) is 6.77. The molecule has 1 saturated heterocycles. The summed E-state index contributed by atoms with van der Waals surface area (Å²) in [5.74, 6) is 1.27. The molecule has 1 aliphatic rings. The van der Waals surface area contributed by atoms with Gasteiger partial charge in [-0.3, -0.25) is 4.90 Å². The van der Waals surface area contributed by atoms with Crippen LogP contribution in [0.15, 0.2) is 30.3 Å². The van der Waals surface area contributed by atoms with Crippen molar-refractivity contribution in [2.24, 2.45) is 0 Å². The van der Waals surface area contributed by atoms with Crippen LogP contribution in [0.4, 0.5) is 0 Å². The molecule has 0 bridgehead atoms. The third-order valence-electron chi connectivity index (χ3n) is 3.28. The minimum Gasteiger partial charge on any atom is -0.311 e. The van der Waals surface area contributed by atoms with Crippen LogP contribution in [-0.4, -0.2) is 41.6 Å². The molecule has 0 aliphatic carbocycles. The van der Waals surface area contributed by atoms with E-state index in [1.165, 1.54) is 24.4 Å². The van der Waals surface area contributed by atoms with Crippen LogP contribution in [-0.2, 0) is 6.54 Å². The van der Waals surface area contributed by atoms with Gasteiger partial charge in [-0.15, -0.1) is 0 Å². The lowest BCUT2D eigenvalue weighted by Crippen LogP contribution is -2.45. The molecule has 1 aromatic carbocycles. The molecule has 0 saturated carbocycles. The molecule has 3 heteroatoms. The number of nitrogens with one attached hydrogen (secondary N) is 1. The van der Waals surface area contributed by atoms with Crippen LogP contribution in [0, 0.1) is 0 Å². The monoisotopic (exact) mass is 264 g/mol. The summed E-state index contributed by atoms with van der Waals surface area (Å²) < 4.78 is 0.428. The van der Waals surface area contributed by atoms with E-state index in [0.29, 0.717) is 4.75 Å². The quantitative estimate of drug-likeness (QED) is 0.823. The molecule has 0 radical (unpaired) electrons. The maximum absolute atomic E-state index is 3.53.